The molecule has 0 saturated heterocycles. The number of aliphatic carboxylic acids is 1. The monoisotopic (exact) mass is 306 g/mol. The molecule has 4 nitrogen and oxygen atoms in total. The predicted molar refractivity (Wildman–Crippen MR) is 76.8 cm³/mol. The quantitative estimate of drug-likeness (QED) is 0.506. The minimum atomic E-state index is -1.63. The molecule has 0 aliphatic heterocycles. The maximum absolute atomic E-state index is 12.9. The average molecular weight is 306 g/mol. The van der Waals surface area contributed by atoms with Crippen molar-refractivity contribution in [3.8, 4) is 0 Å². The molecule has 108 valence electrons. The van der Waals surface area contributed by atoms with Gasteiger partial charge in [0.15, 0.2) is 0 Å². The van der Waals surface area contributed by atoms with E-state index in [0.717, 1.165) is 10.4 Å². The molecule has 0 spiro atoms. The van der Waals surface area contributed by atoms with Crippen molar-refractivity contribution in [1.29, 1.82) is 0 Å². The van der Waals surface area contributed by atoms with Gasteiger partial charge in [-0.25, -0.2) is 9.18 Å². The molecule has 2 rings (SSSR count). The first-order valence-corrected chi connectivity index (χ1v) is 6.84. The number of ketones is 1. The number of hydrogen-bond acceptors (Lipinski definition) is 4. The molecule has 0 aliphatic carbocycles. The first kappa shape index (κ1) is 14.9. The first-order valence-electron chi connectivity index (χ1n) is 5.96. The Morgan fingerprint density at radius 1 is 1.14 bits per heavy atom. The zero-order chi connectivity index (χ0) is 15.4. The molecule has 0 saturated carbocycles. The Labute approximate surface area is 123 Å². The summed E-state index contributed by atoms with van der Waals surface area (Å²) in [7, 11) is 0. The number of benzene rings is 1. The number of carboxylic acids is 1. The number of aliphatic hydroxyl groups excluding tert-OH is 1. The van der Waals surface area contributed by atoms with Crippen molar-refractivity contribution in [3.63, 3.8) is 0 Å². The number of thiophene rings is 1. The van der Waals surface area contributed by atoms with Gasteiger partial charge in [-0.05, 0) is 29.1 Å². The van der Waals surface area contributed by atoms with E-state index in [9.17, 15) is 19.1 Å². The van der Waals surface area contributed by atoms with Crippen LogP contribution in [0, 0.1) is 5.82 Å². The third kappa shape index (κ3) is 3.76. The Hall–Kier alpha value is -2.47. The lowest BCUT2D eigenvalue weighted by atomic mass is 10.1. The molecule has 1 aromatic carbocycles. The Bertz CT molecular complexity index is 701. The Morgan fingerprint density at radius 3 is 2.43 bits per heavy atom. The fourth-order valence-corrected chi connectivity index (χ4v) is 2.68. The Balaban J connectivity index is 2.24. The summed E-state index contributed by atoms with van der Waals surface area (Å²) >= 11 is 1.36. The SMILES string of the molecule is O=C(O)C(=O)C=C(O)c1ccsc1Cc1ccc(F)cc1. The van der Waals surface area contributed by atoms with Crippen molar-refractivity contribution in [3.05, 3.63) is 63.6 Å². The fraction of sp³-hybridized carbons (Fsp3) is 0.0667. The average Bonchev–Trinajstić information content (AvgIpc) is 2.89. The van der Waals surface area contributed by atoms with E-state index >= 15 is 0 Å². The second kappa shape index (κ2) is 6.32. The van der Waals surface area contributed by atoms with E-state index < -0.39 is 11.8 Å². The zero-order valence-corrected chi connectivity index (χ0v) is 11.6. The van der Waals surface area contributed by atoms with E-state index in [-0.39, 0.29) is 11.6 Å². The van der Waals surface area contributed by atoms with E-state index in [2.05, 4.69) is 0 Å². The van der Waals surface area contributed by atoms with Crippen LogP contribution in [-0.2, 0) is 16.0 Å². The molecule has 0 unspecified atom stereocenters. The van der Waals surface area contributed by atoms with Crippen molar-refractivity contribution in [2.75, 3.05) is 0 Å². The van der Waals surface area contributed by atoms with Crippen LogP contribution in [0.5, 0.6) is 0 Å². The topological polar surface area (TPSA) is 74.6 Å². The molecule has 1 aromatic heterocycles. The second-order valence-corrected chi connectivity index (χ2v) is 5.26. The van der Waals surface area contributed by atoms with Crippen LogP contribution in [0.2, 0.25) is 0 Å². The molecular weight excluding hydrogens is 295 g/mol. The van der Waals surface area contributed by atoms with Crippen LogP contribution in [0.25, 0.3) is 5.76 Å². The van der Waals surface area contributed by atoms with E-state index in [0.29, 0.717) is 18.1 Å². The van der Waals surface area contributed by atoms with Gasteiger partial charge in [0, 0.05) is 22.9 Å². The highest BCUT2D eigenvalue weighted by molar-refractivity contribution is 7.10. The largest absolute Gasteiger partial charge is 0.507 e. The standard InChI is InChI=1S/C15H11FO4S/c16-10-3-1-9(2-4-10)7-14-11(5-6-21-14)12(17)8-13(18)15(19)20/h1-6,8,17H,7H2,(H,19,20). The lowest BCUT2D eigenvalue weighted by Crippen LogP contribution is -2.09. The minimum Gasteiger partial charge on any atom is -0.507 e. The number of aliphatic hydroxyl groups is 1. The number of rotatable bonds is 5. The van der Waals surface area contributed by atoms with Crippen molar-refractivity contribution in [1.82, 2.24) is 0 Å². The van der Waals surface area contributed by atoms with Gasteiger partial charge < -0.3 is 10.2 Å². The highest BCUT2D eigenvalue weighted by atomic mass is 32.1. The van der Waals surface area contributed by atoms with Crippen LogP contribution in [0.1, 0.15) is 16.0 Å². The summed E-state index contributed by atoms with van der Waals surface area (Å²) in [4.78, 5) is 22.3. The van der Waals surface area contributed by atoms with Crippen LogP contribution in [0.4, 0.5) is 4.39 Å². The number of carboxylic acid groups (broad SMARTS) is 1. The number of hydrogen-bond donors (Lipinski definition) is 2. The minimum absolute atomic E-state index is 0.333. The highest BCUT2D eigenvalue weighted by Crippen LogP contribution is 2.25. The molecule has 0 bridgehead atoms. The maximum atomic E-state index is 12.9. The van der Waals surface area contributed by atoms with Gasteiger partial charge in [0.25, 0.3) is 5.78 Å². The third-order valence-electron chi connectivity index (χ3n) is 2.78. The van der Waals surface area contributed by atoms with Crippen molar-refractivity contribution < 1.29 is 24.2 Å². The van der Waals surface area contributed by atoms with E-state index in [4.69, 9.17) is 5.11 Å². The Morgan fingerprint density at radius 2 is 1.81 bits per heavy atom. The zero-order valence-electron chi connectivity index (χ0n) is 10.7. The van der Waals surface area contributed by atoms with Crippen molar-refractivity contribution in [2.45, 2.75) is 6.42 Å². The number of halogens is 1. The maximum Gasteiger partial charge on any atom is 0.376 e. The summed E-state index contributed by atoms with van der Waals surface area (Å²) in [5.41, 5.74) is 1.25. The van der Waals surface area contributed by atoms with Gasteiger partial charge in [-0.15, -0.1) is 11.3 Å². The molecule has 0 aliphatic rings. The molecule has 2 aromatic rings. The van der Waals surface area contributed by atoms with Crippen LogP contribution >= 0.6 is 11.3 Å². The summed E-state index contributed by atoms with van der Waals surface area (Å²) in [6.45, 7) is 0. The first-order chi connectivity index (χ1) is 9.97. The molecular formula is C15H11FO4S. The molecule has 0 atom stereocenters. The number of carbonyl (C=O) groups is 2. The fourth-order valence-electron chi connectivity index (χ4n) is 1.76. The molecule has 21 heavy (non-hydrogen) atoms. The summed E-state index contributed by atoms with van der Waals surface area (Å²) in [5.74, 6) is -3.54. The van der Waals surface area contributed by atoms with Gasteiger partial charge >= 0.3 is 5.97 Å². The molecule has 0 fully saturated rings. The van der Waals surface area contributed by atoms with Gasteiger partial charge in [-0.1, -0.05) is 12.1 Å². The summed E-state index contributed by atoms with van der Waals surface area (Å²) < 4.78 is 12.9. The lowest BCUT2D eigenvalue weighted by molar-refractivity contribution is -0.146. The van der Waals surface area contributed by atoms with Crippen LogP contribution in [-0.4, -0.2) is 22.0 Å². The molecule has 6 heteroatoms. The summed E-state index contributed by atoms with van der Waals surface area (Å²) in [6, 6.07) is 7.53. The normalized spacial score (nSPS) is 11.4. The molecule has 0 amide bonds. The Kier molecular flexibility index (Phi) is 4.49. The predicted octanol–water partition coefficient (Wildman–Crippen LogP) is 3.03. The molecule has 2 N–H and O–H groups in total. The lowest BCUT2D eigenvalue weighted by Gasteiger charge is -2.03. The van der Waals surface area contributed by atoms with Crippen LogP contribution in [0.15, 0.2) is 41.8 Å². The van der Waals surface area contributed by atoms with E-state index in [1.54, 1.807) is 23.6 Å². The van der Waals surface area contributed by atoms with Gasteiger partial charge in [0.2, 0.25) is 0 Å². The van der Waals surface area contributed by atoms with E-state index in [1.807, 2.05) is 0 Å². The number of carbonyl (C=O) groups excluding carboxylic acids is 1. The molecule has 1 heterocycles. The van der Waals surface area contributed by atoms with Gasteiger partial charge in [-0.3, -0.25) is 4.79 Å². The summed E-state index contributed by atoms with van der Waals surface area (Å²) in [6.07, 6.45) is 1.13. The second-order valence-electron chi connectivity index (χ2n) is 4.26. The van der Waals surface area contributed by atoms with Gasteiger partial charge in [0.05, 0.1) is 0 Å². The third-order valence-corrected chi connectivity index (χ3v) is 3.70. The van der Waals surface area contributed by atoms with Gasteiger partial charge in [-0.2, -0.15) is 0 Å². The van der Waals surface area contributed by atoms with Gasteiger partial charge in [0.1, 0.15) is 11.6 Å². The smallest absolute Gasteiger partial charge is 0.376 e. The van der Waals surface area contributed by atoms with E-state index in [1.165, 1.54) is 23.5 Å². The highest BCUT2D eigenvalue weighted by Gasteiger charge is 2.14. The van der Waals surface area contributed by atoms with Crippen molar-refractivity contribution in [2.24, 2.45) is 0 Å². The van der Waals surface area contributed by atoms with Crippen LogP contribution < -0.4 is 0 Å². The van der Waals surface area contributed by atoms with Crippen LogP contribution in [0.3, 0.4) is 0 Å². The molecule has 0 radical (unpaired) electrons. The van der Waals surface area contributed by atoms with Crippen molar-refractivity contribution >= 4 is 28.8 Å². The summed E-state index contributed by atoms with van der Waals surface area (Å²) in [5, 5.41) is 20.1.